The molecular formula is C13H19N5O. The number of aromatic nitrogens is 3. The third-order valence-corrected chi connectivity index (χ3v) is 2.70. The zero-order valence-electron chi connectivity index (χ0n) is 11.8. The van der Waals surface area contributed by atoms with Crippen molar-refractivity contribution in [3.8, 4) is 0 Å². The maximum atomic E-state index is 4.95. The minimum atomic E-state index is 0.598. The van der Waals surface area contributed by atoms with Crippen LogP contribution in [-0.2, 0) is 13.1 Å². The zero-order chi connectivity index (χ0) is 13.8. The summed E-state index contributed by atoms with van der Waals surface area (Å²) in [7, 11) is 5.98. The first-order valence-corrected chi connectivity index (χ1v) is 6.14. The molecule has 2 rings (SSSR count). The van der Waals surface area contributed by atoms with Crippen molar-refractivity contribution in [3.63, 3.8) is 0 Å². The van der Waals surface area contributed by atoms with Crippen molar-refractivity contribution in [1.29, 1.82) is 0 Å². The minimum Gasteiger partial charge on any atom is -0.363 e. The Kier molecular flexibility index (Phi) is 4.11. The molecule has 19 heavy (non-hydrogen) atoms. The van der Waals surface area contributed by atoms with Crippen LogP contribution in [0.1, 0.15) is 17.3 Å². The molecule has 0 N–H and O–H groups in total. The van der Waals surface area contributed by atoms with Crippen LogP contribution in [0.5, 0.6) is 0 Å². The van der Waals surface area contributed by atoms with E-state index in [1.807, 2.05) is 38.3 Å². The number of aryl methyl sites for hydroxylation is 1. The zero-order valence-corrected chi connectivity index (χ0v) is 11.8. The van der Waals surface area contributed by atoms with Crippen LogP contribution in [0.25, 0.3) is 0 Å². The average Bonchev–Trinajstić information content (AvgIpc) is 2.75. The maximum Gasteiger partial charge on any atom is 0.223 e. The van der Waals surface area contributed by atoms with Crippen LogP contribution in [0.3, 0.4) is 0 Å². The number of pyridine rings is 1. The molecule has 0 saturated heterocycles. The van der Waals surface area contributed by atoms with Crippen molar-refractivity contribution in [1.82, 2.24) is 20.0 Å². The lowest BCUT2D eigenvalue weighted by Gasteiger charge is -2.15. The van der Waals surface area contributed by atoms with E-state index in [1.54, 1.807) is 6.92 Å². The summed E-state index contributed by atoms with van der Waals surface area (Å²) in [4.78, 5) is 12.7. The third kappa shape index (κ3) is 3.75. The second-order valence-electron chi connectivity index (χ2n) is 4.82. The fourth-order valence-corrected chi connectivity index (χ4v) is 1.79. The first-order chi connectivity index (χ1) is 9.04. The van der Waals surface area contributed by atoms with Crippen LogP contribution in [0.15, 0.2) is 22.9 Å². The Morgan fingerprint density at radius 2 is 1.95 bits per heavy atom. The Balaban J connectivity index is 1.93. The van der Waals surface area contributed by atoms with Crippen molar-refractivity contribution < 1.29 is 4.52 Å². The second kappa shape index (κ2) is 5.79. The highest BCUT2D eigenvalue weighted by Crippen LogP contribution is 2.10. The molecular weight excluding hydrogens is 242 g/mol. The van der Waals surface area contributed by atoms with Crippen molar-refractivity contribution in [2.24, 2.45) is 0 Å². The van der Waals surface area contributed by atoms with Crippen molar-refractivity contribution >= 4 is 5.82 Å². The summed E-state index contributed by atoms with van der Waals surface area (Å²) >= 11 is 0. The van der Waals surface area contributed by atoms with E-state index in [2.05, 4.69) is 26.1 Å². The fourth-order valence-electron chi connectivity index (χ4n) is 1.79. The molecule has 0 unspecified atom stereocenters. The standard InChI is InChI=1S/C13H19N5O/c1-10-15-12(16-19-10)9-18(4)8-11-5-6-13(14-7-11)17(2)3/h5-7H,8-9H2,1-4H3. The molecule has 2 aromatic heterocycles. The molecule has 0 atom stereocenters. The summed E-state index contributed by atoms with van der Waals surface area (Å²) in [6, 6.07) is 4.10. The van der Waals surface area contributed by atoms with Gasteiger partial charge in [-0.3, -0.25) is 4.90 Å². The summed E-state index contributed by atoms with van der Waals surface area (Å²) in [5, 5.41) is 3.88. The van der Waals surface area contributed by atoms with Gasteiger partial charge < -0.3 is 9.42 Å². The van der Waals surface area contributed by atoms with E-state index < -0.39 is 0 Å². The normalized spacial score (nSPS) is 11.0. The van der Waals surface area contributed by atoms with E-state index in [0.29, 0.717) is 18.3 Å². The van der Waals surface area contributed by atoms with Gasteiger partial charge in [0.1, 0.15) is 5.82 Å². The molecule has 2 heterocycles. The van der Waals surface area contributed by atoms with Gasteiger partial charge in [0.15, 0.2) is 5.82 Å². The van der Waals surface area contributed by atoms with Gasteiger partial charge in [-0.05, 0) is 18.7 Å². The molecule has 0 bridgehead atoms. The number of nitrogens with zero attached hydrogens (tertiary/aromatic N) is 5. The Morgan fingerprint density at radius 3 is 2.47 bits per heavy atom. The molecule has 0 aromatic carbocycles. The molecule has 0 saturated carbocycles. The SMILES string of the molecule is Cc1nc(CN(C)Cc2ccc(N(C)C)nc2)no1. The van der Waals surface area contributed by atoms with E-state index in [9.17, 15) is 0 Å². The highest BCUT2D eigenvalue weighted by atomic mass is 16.5. The second-order valence-corrected chi connectivity index (χ2v) is 4.82. The molecule has 0 fully saturated rings. The van der Waals surface area contributed by atoms with Gasteiger partial charge in [0.2, 0.25) is 5.89 Å². The maximum absolute atomic E-state index is 4.95. The monoisotopic (exact) mass is 261 g/mol. The van der Waals surface area contributed by atoms with E-state index in [4.69, 9.17) is 4.52 Å². The number of hydrogen-bond donors (Lipinski definition) is 0. The molecule has 102 valence electrons. The molecule has 2 aromatic rings. The van der Waals surface area contributed by atoms with Gasteiger partial charge in [-0.15, -0.1) is 0 Å². The first-order valence-electron chi connectivity index (χ1n) is 6.14. The summed E-state index contributed by atoms with van der Waals surface area (Å²) in [6.45, 7) is 3.25. The smallest absolute Gasteiger partial charge is 0.223 e. The topological polar surface area (TPSA) is 58.3 Å². The average molecular weight is 261 g/mol. The summed E-state index contributed by atoms with van der Waals surface area (Å²) < 4.78 is 4.95. The van der Waals surface area contributed by atoms with Gasteiger partial charge in [-0.2, -0.15) is 4.98 Å². The van der Waals surface area contributed by atoms with Crippen LogP contribution < -0.4 is 4.90 Å². The van der Waals surface area contributed by atoms with Crippen LogP contribution in [0, 0.1) is 6.92 Å². The predicted molar refractivity (Wildman–Crippen MR) is 72.8 cm³/mol. The molecule has 0 aliphatic carbocycles. The lowest BCUT2D eigenvalue weighted by molar-refractivity contribution is 0.300. The van der Waals surface area contributed by atoms with Gasteiger partial charge in [-0.25, -0.2) is 4.98 Å². The highest BCUT2D eigenvalue weighted by molar-refractivity contribution is 5.37. The van der Waals surface area contributed by atoms with Gasteiger partial charge in [0, 0.05) is 33.8 Å². The van der Waals surface area contributed by atoms with Crippen LogP contribution in [0.4, 0.5) is 5.82 Å². The van der Waals surface area contributed by atoms with Crippen molar-refractivity contribution in [2.45, 2.75) is 20.0 Å². The van der Waals surface area contributed by atoms with Gasteiger partial charge in [0.05, 0.1) is 6.54 Å². The molecule has 0 amide bonds. The summed E-state index contributed by atoms with van der Waals surface area (Å²) in [5.41, 5.74) is 1.16. The van der Waals surface area contributed by atoms with Crippen LogP contribution in [-0.4, -0.2) is 41.2 Å². The van der Waals surface area contributed by atoms with E-state index in [-0.39, 0.29) is 0 Å². The molecule has 0 aliphatic rings. The Hall–Kier alpha value is -1.95. The quantitative estimate of drug-likeness (QED) is 0.812. The Labute approximate surface area is 113 Å². The van der Waals surface area contributed by atoms with Gasteiger partial charge >= 0.3 is 0 Å². The lowest BCUT2D eigenvalue weighted by Crippen LogP contribution is -2.18. The van der Waals surface area contributed by atoms with Gasteiger partial charge in [0.25, 0.3) is 0 Å². The number of rotatable bonds is 5. The molecule has 0 radical (unpaired) electrons. The predicted octanol–water partition coefficient (Wildman–Crippen LogP) is 1.47. The van der Waals surface area contributed by atoms with Crippen LogP contribution >= 0.6 is 0 Å². The minimum absolute atomic E-state index is 0.598. The van der Waals surface area contributed by atoms with Gasteiger partial charge in [-0.1, -0.05) is 11.2 Å². The summed E-state index contributed by atoms with van der Waals surface area (Å²) in [6.07, 6.45) is 1.90. The highest BCUT2D eigenvalue weighted by Gasteiger charge is 2.07. The van der Waals surface area contributed by atoms with Crippen molar-refractivity contribution in [3.05, 3.63) is 35.6 Å². The molecule has 6 heteroatoms. The molecule has 0 aliphatic heterocycles. The van der Waals surface area contributed by atoms with E-state index in [0.717, 1.165) is 17.9 Å². The van der Waals surface area contributed by atoms with E-state index in [1.165, 1.54) is 0 Å². The molecule has 6 nitrogen and oxygen atoms in total. The first kappa shape index (κ1) is 13.5. The third-order valence-electron chi connectivity index (χ3n) is 2.70. The largest absolute Gasteiger partial charge is 0.363 e. The Bertz CT molecular complexity index is 520. The summed E-state index contributed by atoms with van der Waals surface area (Å²) in [5.74, 6) is 2.26. The van der Waals surface area contributed by atoms with Crippen molar-refractivity contribution in [2.75, 3.05) is 26.0 Å². The fraction of sp³-hybridized carbons (Fsp3) is 0.462. The number of hydrogen-bond acceptors (Lipinski definition) is 6. The molecule has 0 spiro atoms. The Morgan fingerprint density at radius 1 is 1.16 bits per heavy atom. The van der Waals surface area contributed by atoms with E-state index >= 15 is 0 Å². The lowest BCUT2D eigenvalue weighted by atomic mass is 10.2. The number of anilines is 1. The van der Waals surface area contributed by atoms with Crippen LogP contribution in [0.2, 0.25) is 0 Å².